The van der Waals surface area contributed by atoms with Crippen LogP contribution in [0.25, 0.3) is 10.8 Å². The number of aromatic nitrogens is 1. The number of hydrogen-bond donors (Lipinski definition) is 1. The topological polar surface area (TPSA) is 50.4 Å². The van der Waals surface area contributed by atoms with Gasteiger partial charge in [-0.25, -0.2) is 4.79 Å². The fraction of sp³-hybridized carbons (Fsp3) is 0.200. The predicted molar refractivity (Wildman–Crippen MR) is 233 cm³/mol. The van der Waals surface area contributed by atoms with Crippen LogP contribution in [0.15, 0.2) is 140 Å². The first-order valence-electron chi connectivity index (χ1n) is 21.7. The molecule has 0 aliphatic carbocycles. The third-order valence-electron chi connectivity index (χ3n) is 11.9. The maximum atomic E-state index is 14.2. The van der Waals surface area contributed by atoms with Gasteiger partial charge in [0.25, 0.3) is 0 Å². The number of hydrogen-bond acceptors (Lipinski definition) is 2. The Hall–Kier alpha value is -7.62. The quantitative estimate of drug-likeness (QED) is 0.0890. The number of carboxylic acids is 1. The van der Waals surface area contributed by atoms with Crippen molar-refractivity contribution in [1.29, 1.82) is 0 Å². The largest absolute Gasteiger partial charge is 0.479 e. The summed E-state index contributed by atoms with van der Waals surface area (Å²) in [5.74, 6) is -0.413. The van der Waals surface area contributed by atoms with Crippen LogP contribution in [-0.4, -0.2) is 23.8 Å². The molecule has 0 saturated heterocycles. The maximum Gasteiger partial charge on any atom is 0.416 e. The van der Waals surface area contributed by atoms with Crippen LogP contribution in [0.1, 0.15) is 50.1 Å². The third kappa shape index (κ3) is 14.0. The number of carboxylic acid groups (broad SMARTS) is 1. The Labute approximate surface area is 427 Å². The Bertz CT molecular complexity index is 2920. The van der Waals surface area contributed by atoms with Gasteiger partial charge in [0, 0.05) is 11.6 Å². The highest BCUT2D eigenvalue weighted by Crippen LogP contribution is 2.41. The molecular weight excluding hydrogens is 1130 g/mol. The number of carbonyl (C=O) groups is 1. The van der Waals surface area contributed by atoms with Crippen molar-refractivity contribution in [2.24, 2.45) is 0 Å². The Balaban J connectivity index is 0.000000378. The molecule has 0 radical (unpaired) electrons. The van der Waals surface area contributed by atoms with Crippen LogP contribution in [0.2, 0.25) is 0 Å². The highest BCUT2D eigenvalue weighted by atomic mass is 19.4. The Morgan fingerprint density at radius 3 is 0.949 bits per heavy atom. The summed E-state index contributed by atoms with van der Waals surface area (Å²) in [7, 11) is 0. The van der Waals surface area contributed by atoms with E-state index in [1.807, 2.05) is 71.4 Å². The van der Waals surface area contributed by atoms with Gasteiger partial charge in [-0.05, 0) is 35.7 Å². The lowest BCUT2D eigenvalue weighted by Crippen LogP contribution is -2.75. The summed E-state index contributed by atoms with van der Waals surface area (Å²) in [5.41, 5.74) is -29.1. The maximum absolute atomic E-state index is 14.2. The van der Waals surface area contributed by atoms with E-state index in [0.29, 0.717) is 12.4 Å². The number of pyridine rings is 1. The zero-order valence-electron chi connectivity index (χ0n) is 38.6. The van der Waals surface area contributed by atoms with E-state index in [4.69, 9.17) is 9.84 Å². The lowest BCUT2D eigenvalue weighted by atomic mass is 9.12. The van der Waals surface area contributed by atoms with Gasteiger partial charge >= 0.3 is 61.3 Å². The van der Waals surface area contributed by atoms with E-state index in [1.54, 1.807) is 0 Å². The Morgan fingerprint density at radius 2 is 0.671 bits per heavy atom. The molecule has 0 atom stereocenters. The molecule has 1 aromatic heterocycles. The minimum atomic E-state index is -6.13. The van der Waals surface area contributed by atoms with Crippen molar-refractivity contribution in [3.63, 3.8) is 0 Å². The molecule has 79 heavy (non-hydrogen) atoms. The third-order valence-corrected chi connectivity index (χ3v) is 11.9. The highest BCUT2D eigenvalue weighted by molar-refractivity contribution is 7.20. The average Bonchev–Trinajstić information content (AvgIpc) is 3.35. The minimum Gasteiger partial charge on any atom is -0.479 e. The van der Waals surface area contributed by atoms with Gasteiger partial charge in [-0.15, -0.1) is 0 Å². The smallest absolute Gasteiger partial charge is 0.416 e. The fourth-order valence-corrected chi connectivity index (χ4v) is 8.50. The molecule has 0 fully saturated rings. The number of aliphatic carboxylic acids is 1. The zero-order valence-corrected chi connectivity index (χ0v) is 38.6. The van der Waals surface area contributed by atoms with Gasteiger partial charge in [-0.3, -0.25) is 0 Å². The van der Waals surface area contributed by atoms with E-state index in [9.17, 15) is 110 Å². The monoisotopic (exact) mass is 1160 g/mol. The predicted octanol–water partition coefficient (Wildman–Crippen LogP) is 13.9. The minimum absolute atomic E-state index is 0.358. The number of rotatable bonds is 9. The SMILES string of the molecule is FC(F)(F)c1cc([B-](c2cc(C(F)(F)F)cc(C(F)(F)F)c2)(c2cc(C(F)(F)F)cc(C(F)(F)F)c2)c2cc(C(F)(F)F)cc(C(F)(F)F)c2)cc(C(F)(F)F)c1.O=C(O)COc1c2ccccc2cc[n+]1Cc1ccccc1. The number of nitrogens with zero attached hydrogens (tertiary/aromatic N) is 1. The molecule has 0 aliphatic rings. The molecule has 29 heteroatoms. The van der Waals surface area contributed by atoms with Gasteiger partial charge in [0.05, 0.1) is 49.9 Å². The van der Waals surface area contributed by atoms with Crippen molar-refractivity contribution in [1.82, 2.24) is 0 Å². The van der Waals surface area contributed by atoms with Gasteiger partial charge < -0.3 is 9.84 Å². The molecule has 422 valence electrons. The summed E-state index contributed by atoms with van der Waals surface area (Å²) in [6, 6.07) is 11.0. The van der Waals surface area contributed by atoms with Crippen LogP contribution < -0.4 is 31.2 Å². The van der Waals surface area contributed by atoms with Crippen molar-refractivity contribution in [2.75, 3.05) is 6.61 Å². The second-order valence-electron chi connectivity index (χ2n) is 17.2. The normalized spacial score (nSPS) is 13.3. The van der Waals surface area contributed by atoms with Gasteiger partial charge in [-0.2, -0.15) is 132 Å². The molecule has 0 saturated carbocycles. The van der Waals surface area contributed by atoms with E-state index < -0.39 is 201 Å². The van der Waals surface area contributed by atoms with Crippen LogP contribution in [0.5, 0.6) is 5.88 Å². The molecule has 4 nitrogen and oxygen atoms in total. The molecule has 0 unspecified atom stereocenters. The van der Waals surface area contributed by atoms with Crippen LogP contribution in [0.3, 0.4) is 0 Å². The molecule has 1 N–H and O–H groups in total. The van der Waals surface area contributed by atoms with Crippen molar-refractivity contribution in [2.45, 2.75) is 56.0 Å². The average molecular weight is 1160 g/mol. The first kappa shape index (κ1) is 60.6. The van der Waals surface area contributed by atoms with Gasteiger partial charge in [0.15, 0.2) is 19.3 Å². The van der Waals surface area contributed by atoms with Crippen molar-refractivity contribution in [3.05, 3.63) is 190 Å². The molecule has 1 heterocycles. The molecule has 7 aromatic rings. The molecule has 0 spiro atoms. The van der Waals surface area contributed by atoms with E-state index in [2.05, 4.69) is 0 Å². The van der Waals surface area contributed by atoms with Crippen LogP contribution in [0.4, 0.5) is 105 Å². The molecule has 6 aromatic carbocycles. The van der Waals surface area contributed by atoms with Crippen molar-refractivity contribution >= 4 is 44.7 Å². The molecule has 0 amide bonds. The standard InChI is InChI=1S/C32H12BF24.C18H15NO3/c34-25(35,36)13-1-14(26(37,38)39)6-21(5-13)33(22-7-15(27(40,41)42)2-16(8-22)28(43,44)45,23-9-17(29(46,47)48)3-18(10-23)30(49,50)51)24-11-19(31(52,53)54)4-20(12-24)32(55,56)57;20-17(21)13-22-18-16-9-5-4-8-15(16)10-11-19(18)12-14-6-2-1-3-7-14/h1-12H;1-11H,12-13H2/q-1;/p+1. The lowest BCUT2D eigenvalue weighted by Gasteiger charge is -2.46. The fourth-order valence-electron chi connectivity index (χ4n) is 8.50. The molecular formula is C50H28BF24NO3. The lowest BCUT2D eigenvalue weighted by molar-refractivity contribution is -0.692. The van der Waals surface area contributed by atoms with Crippen LogP contribution in [0, 0.1) is 0 Å². The van der Waals surface area contributed by atoms with E-state index in [-0.39, 0.29) is 6.61 Å². The summed E-state index contributed by atoms with van der Waals surface area (Å²) >= 11 is 0. The Kier molecular flexibility index (Phi) is 16.3. The van der Waals surface area contributed by atoms with E-state index in [0.717, 1.165) is 16.3 Å². The van der Waals surface area contributed by atoms with Gasteiger partial charge in [0.2, 0.25) is 0 Å². The zero-order chi connectivity index (χ0) is 59.3. The first-order chi connectivity index (χ1) is 36.0. The van der Waals surface area contributed by atoms with Gasteiger partial charge in [-0.1, -0.05) is 97.1 Å². The molecule has 0 aliphatic heterocycles. The Morgan fingerprint density at radius 1 is 0.392 bits per heavy atom. The second kappa shape index (κ2) is 21.2. The summed E-state index contributed by atoms with van der Waals surface area (Å²) in [4.78, 5) is 10.8. The van der Waals surface area contributed by atoms with Crippen LogP contribution >= 0.6 is 0 Å². The van der Waals surface area contributed by atoms with Crippen molar-refractivity contribution in [3.8, 4) is 5.88 Å². The number of ether oxygens (including phenoxy) is 1. The highest BCUT2D eigenvalue weighted by Gasteiger charge is 2.47. The second-order valence-corrected chi connectivity index (χ2v) is 17.2. The first-order valence-corrected chi connectivity index (χ1v) is 21.7. The van der Waals surface area contributed by atoms with E-state index in [1.165, 1.54) is 0 Å². The summed E-state index contributed by atoms with van der Waals surface area (Å²) in [5, 5.41) is 10.8. The van der Waals surface area contributed by atoms with Crippen molar-refractivity contribution < 1.29 is 125 Å². The number of fused-ring (bicyclic) bond motifs is 1. The number of halogens is 24. The summed E-state index contributed by atoms with van der Waals surface area (Å²) in [6.45, 7) is 0.267. The summed E-state index contributed by atoms with van der Waals surface area (Å²) in [6.07, 6.45) is -52.9. The van der Waals surface area contributed by atoms with Crippen LogP contribution in [-0.2, 0) is 60.7 Å². The number of benzene rings is 6. The van der Waals surface area contributed by atoms with Gasteiger partial charge in [0.1, 0.15) is 6.15 Å². The summed E-state index contributed by atoms with van der Waals surface area (Å²) < 4.78 is 348. The van der Waals surface area contributed by atoms with E-state index >= 15 is 0 Å². The molecule has 0 bridgehead atoms. The molecule has 7 rings (SSSR count). The number of alkyl halides is 24.